The number of aliphatic hydroxyl groups is 2. The summed E-state index contributed by atoms with van der Waals surface area (Å²) in [4.78, 5) is 2.52. The summed E-state index contributed by atoms with van der Waals surface area (Å²) in [5.41, 5.74) is 4.73. The molecule has 1 radical (unpaired) electrons. The van der Waals surface area contributed by atoms with Crippen LogP contribution in [-0.2, 0) is 39.1 Å². The Labute approximate surface area is 205 Å². The van der Waals surface area contributed by atoms with E-state index in [4.69, 9.17) is 0 Å². The van der Waals surface area contributed by atoms with Crippen LogP contribution in [0.25, 0.3) is 5.57 Å². The number of aliphatic hydroxyl groups excluding tert-OH is 2. The molecule has 4 heteroatoms. The number of rotatable bonds is 10. The second kappa shape index (κ2) is 12.4. The van der Waals surface area contributed by atoms with Crippen molar-refractivity contribution in [1.82, 2.24) is 0 Å². The van der Waals surface area contributed by atoms with Crippen LogP contribution in [0.4, 0.5) is 0 Å². The van der Waals surface area contributed by atoms with Crippen molar-refractivity contribution >= 4 is 16.9 Å². The molecule has 2 atom stereocenters. The van der Waals surface area contributed by atoms with E-state index < -0.39 is 0 Å². The molecule has 2 aromatic rings. The van der Waals surface area contributed by atoms with Crippen LogP contribution in [-0.4, -0.2) is 16.8 Å². The molecule has 1 heterocycles. The minimum absolute atomic E-state index is 0. The van der Waals surface area contributed by atoms with Gasteiger partial charge in [0.1, 0.15) is 0 Å². The first-order chi connectivity index (χ1) is 13.6. The number of allylic oxidation sites excluding steroid dienone is 1. The Bertz CT molecular complexity index is 778. The van der Waals surface area contributed by atoms with E-state index in [-0.39, 0.29) is 45.4 Å². The molecule has 0 bridgehead atoms. The fraction of sp³-hybridized carbons (Fsp3) is 0.480. The van der Waals surface area contributed by atoms with E-state index in [0.29, 0.717) is 5.92 Å². The zero-order chi connectivity index (χ0) is 19.9. The monoisotopic (exact) mass is 486 g/mol. The minimum atomic E-state index is -0.373. The van der Waals surface area contributed by atoms with Crippen molar-refractivity contribution in [3.63, 3.8) is 0 Å². The van der Waals surface area contributed by atoms with Gasteiger partial charge in [0, 0.05) is 32.7 Å². The van der Waals surface area contributed by atoms with Crippen LogP contribution in [0.3, 0.4) is 0 Å². The molecule has 0 spiro atoms. The van der Waals surface area contributed by atoms with E-state index in [1.807, 2.05) is 0 Å². The molecule has 29 heavy (non-hydrogen) atoms. The summed E-state index contributed by atoms with van der Waals surface area (Å²) in [6, 6.07) is 12.7. The summed E-state index contributed by atoms with van der Waals surface area (Å²) in [7, 11) is 0. The van der Waals surface area contributed by atoms with E-state index in [1.165, 1.54) is 34.4 Å². The quantitative estimate of drug-likeness (QED) is 0.304. The van der Waals surface area contributed by atoms with Gasteiger partial charge in [0.05, 0.1) is 12.7 Å². The van der Waals surface area contributed by atoms with Gasteiger partial charge in [0.25, 0.3) is 0 Å². The summed E-state index contributed by atoms with van der Waals surface area (Å²) in [5, 5.41) is 20.3. The maximum atomic E-state index is 10.4. The summed E-state index contributed by atoms with van der Waals surface area (Å²) in [5.74, 6) is 0.498. The zero-order valence-electron chi connectivity index (χ0n) is 17.6. The average Bonchev–Trinajstić information content (AvgIpc) is 3.32. The first-order valence-corrected chi connectivity index (χ1v) is 11.5. The van der Waals surface area contributed by atoms with Gasteiger partial charge in [-0.25, -0.2) is 6.92 Å². The Morgan fingerprint density at radius 2 is 1.90 bits per heavy atom. The van der Waals surface area contributed by atoms with Gasteiger partial charge in [-0.3, -0.25) is 0 Å². The van der Waals surface area contributed by atoms with Crippen molar-refractivity contribution in [2.24, 2.45) is 5.92 Å². The van der Waals surface area contributed by atoms with Crippen molar-refractivity contribution < 1.29 is 42.9 Å². The van der Waals surface area contributed by atoms with E-state index in [2.05, 4.69) is 50.2 Å². The van der Waals surface area contributed by atoms with Crippen LogP contribution >= 0.6 is 11.3 Å². The van der Waals surface area contributed by atoms with Crippen LogP contribution < -0.4 is 0 Å². The number of hydrogen-bond acceptors (Lipinski definition) is 3. The summed E-state index contributed by atoms with van der Waals surface area (Å²) in [6.45, 7) is 6.34. The smallest absolute Gasteiger partial charge is 0.0790 e. The number of thiophene rings is 1. The van der Waals surface area contributed by atoms with Crippen molar-refractivity contribution in [3.05, 3.63) is 69.8 Å². The first kappa shape index (κ1) is 24.8. The van der Waals surface area contributed by atoms with Gasteiger partial charge >= 0.3 is 0 Å². The molecule has 3 rings (SSSR count). The number of hydrogen-bond donors (Lipinski definition) is 2. The predicted octanol–water partition coefficient (Wildman–Crippen LogP) is 6.33. The fourth-order valence-electron chi connectivity index (χ4n) is 4.32. The maximum absolute atomic E-state index is 10.4. The zero-order valence-corrected chi connectivity index (χ0v) is 21.2. The van der Waals surface area contributed by atoms with Crippen LogP contribution in [0.5, 0.6) is 0 Å². The molecular formula is C25H33O2SY-. The second-order valence-electron chi connectivity index (χ2n) is 7.95. The minimum Gasteiger partial charge on any atom is -0.392 e. The van der Waals surface area contributed by atoms with E-state index in [0.717, 1.165) is 49.0 Å². The molecule has 0 saturated heterocycles. The number of unbranched alkanes of at least 4 members (excludes halogenated alkanes) is 2. The summed E-state index contributed by atoms with van der Waals surface area (Å²) < 4.78 is 0. The summed E-state index contributed by atoms with van der Waals surface area (Å²) in [6.07, 6.45) is 8.16. The van der Waals surface area contributed by atoms with Crippen LogP contribution in [0.15, 0.2) is 42.0 Å². The largest absolute Gasteiger partial charge is 0.392 e. The fourth-order valence-corrected chi connectivity index (χ4v) is 5.15. The van der Waals surface area contributed by atoms with Gasteiger partial charge in [-0.15, -0.1) is 10.9 Å². The van der Waals surface area contributed by atoms with Crippen LogP contribution in [0.1, 0.15) is 78.9 Å². The molecular weight excluding hydrogens is 453 g/mol. The topological polar surface area (TPSA) is 40.5 Å². The molecule has 1 unspecified atom stereocenters. The molecule has 0 saturated carbocycles. The standard InChI is InChI=1S/C25H33O2S.Y/c1-3-4-5-6-24(27)19-8-10-20(11-9-19)25-21(12-13-22(25)17-26)14-16-23-15-7-18(2)28-23;/h7-11,15,21,24,26-27H,2-6,12-14,16-17H2,1H3;/q-1;/t21-,24?;/m1./s1. The molecule has 2 nitrogen and oxygen atoms in total. The molecule has 1 aromatic heterocycles. The number of aryl methyl sites for hydroxylation is 1. The third kappa shape index (κ3) is 6.77. The molecule has 1 aromatic carbocycles. The summed E-state index contributed by atoms with van der Waals surface area (Å²) >= 11 is 1.78. The van der Waals surface area contributed by atoms with Crippen molar-refractivity contribution in [2.75, 3.05) is 6.61 Å². The molecule has 0 aliphatic heterocycles. The first-order valence-electron chi connectivity index (χ1n) is 10.6. The average molecular weight is 487 g/mol. The normalized spacial score (nSPS) is 17.4. The number of benzene rings is 1. The van der Waals surface area contributed by atoms with Gasteiger partial charge in [0.15, 0.2) is 0 Å². The third-order valence-electron chi connectivity index (χ3n) is 5.92. The molecule has 0 fully saturated rings. The maximum Gasteiger partial charge on any atom is 0.0790 e. The Balaban J connectivity index is 0.00000300. The molecule has 0 amide bonds. The Morgan fingerprint density at radius 1 is 1.14 bits per heavy atom. The van der Waals surface area contributed by atoms with Crippen LogP contribution in [0.2, 0.25) is 0 Å². The van der Waals surface area contributed by atoms with Gasteiger partial charge in [-0.1, -0.05) is 50.5 Å². The molecule has 2 N–H and O–H groups in total. The molecule has 155 valence electrons. The van der Waals surface area contributed by atoms with Crippen molar-refractivity contribution in [3.8, 4) is 0 Å². The van der Waals surface area contributed by atoms with E-state index >= 15 is 0 Å². The third-order valence-corrected chi connectivity index (χ3v) is 6.92. The second-order valence-corrected chi connectivity index (χ2v) is 9.20. The SMILES string of the molecule is [CH2-]c1ccc(CC[C@H]2CCC(CO)=C2c2ccc(C(O)CCCCC)cc2)s1.[Y]. The molecule has 1 aliphatic rings. The van der Waals surface area contributed by atoms with Gasteiger partial charge < -0.3 is 10.2 Å². The molecule has 1 aliphatic carbocycles. The Kier molecular flexibility index (Phi) is 10.6. The predicted molar refractivity (Wildman–Crippen MR) is 119 cm³/mol. The van der Waals surface area contributed by atoms with Gasteiger partial charge in [0.2, 0.25) is 0 Å². The van der Waals surface area contributed by atoms with Gasteiger partial charge in [-0.05, 0) is 65.2 Å². The van der Waals surface area contributed by atoms with Crippen LogP contribution in [0, 0.1) is 12.8 Å². The van der Waals surface area contributed by atoms with Crippen molar-refractivity contribution in [2.45, 2.75) is 64.4 Å². The van der Waals surface area contributed by atoms with E-state index in [9.17, 15) is 10.2 Å². The Hall–Kier alpha value is -0.446. The van der Waals surface area contributed by atoms with Crippen molar-refractivity contribution in [1.29, 1.82) is 0 Å². The van der Waals surface area contributed by atoms with E-state index in [1.54, 1.807) is 11.3 Å². The van der Waals surface area contributed by atoms with Gasteiger partial charge in [-0.2, -0.15) is 17.4 Å². The Morgan fingerprint density at radius 3 is 2.52 bits per heavy atom.